The van der Waals surface area contributed by atoms with Crippen molar-refractivity contribution in [2.75, 3.05) is 13.1 Å². The molecule has 7 heteroatoms. The molecule has 0 saturated heterocycles. The number of hydrogen-bond donors (Lipinski definition) is 3. The summed E-state index contributed by atoms with van der Waals surface area (Å²) in [5.74, 6) is -1.03. The highest BCUT2D eigenvalue weighted by molar-refractivity contribution is 7.87. The van der Waals surface area contributed by atoms with E-state index in [2.05, 4.69) is 4.72 Å². The lowest BCUT2D eigenvalue weighted by Crippen LogP contribution is -2.40. The molecular formula is C6H14N2O4S. The minimum Gasteiger partial charge on any atom is -0.480 e. The molecule has 0 radical (unpaired) electrons. The number of carbonyl (C=O) groups is 1. The van der Waals surface area contributed by atoms with Gasteiger partial charge in [0.2, 0.25) is 0 Å². The predicted octanol–water partition coefficient (Wildman–Crippen LogP) is -0.849. The Morgan fingerprint density at radius 2 is 1.92 bits per heavy atom. The normalized spacial score (nSPS) is 11.9. The molecule has 0 aliphatic carbocycles. The summed E-state index contributed by atoms with van der Waals surface area (Å²) < 4.78 is 26.0. The largest absolute Gasteiger partial charge is 0.480 e. The molecule has 0 heterocycles. The van der Waals surface area contributed by atoms with Crippen molar-refractivity contribution in [2.45, 2.75) is 13.8 Å². The number of nitrogens with one attached hydrogen (secondary N) is 2. The van der Waals surface area contributed by atoms with Crippen molar-refractivity contribution in [3.05, 3.63) is 0 Å². The van der Waals surface area contributed by atoms with E-state index in [1.54, 1.807) is 0 Å². The zero-order valence-corrected chi connectivity index (χ0v) is 8.39. The Bertz CT molecular complexity index is 260. The first-order chi connectivity index (χ1) is 5.83. The summed E-state index contributed by atoms with van der Waals surface area (Å²) >= 11 is 0. The van der Waals surface area contributed by atoms with Crippen LogP contribution in [0.15, 0.2) is 0 Å². The Morgan fingerprint density at radius 3 is 2.31 bits per heavy atom. The van der Waals surface area contributed by atoms with E-state index in [-0.39, 0.29) is 12.5 Å². The molecule has 78 valence electrons. The van der Waals surface area contributed by atoms with Crippen LogP contribution in [0.4, 0.5) is 0 Å². The Hall–Kier alpha value is -0.660. The molecule has 0 bridgehead atoms. The molecule has 0 aliphatic heterocycles. The maximum absolute atomic E-state index is 11.0. The second kappa shape index (κ2) is 5.15. The average molecular weight is 210 g/mol. The Balaban J connectivity index is 3.88. The van der Waals surface area contributed by atoms with E-state index in [0.29, 0.717) is 0 Å². The van der Waals surface area contributed by atoms with E-state index in [9.17, 15) is 13.2 Å². The molecule has 0 fully saturated rings. The van der Waals surface area contributed by atoms with Gasteiger partial charge in [0, 0.05) is 6.54 Å². The maximum atomic E-state index is 11.0. The summed E-state index contributed by atoms with van der Waals surface area (Å²) in [6.45, 7) is 3.38. The van der Waals surface area contributed by atoms with Crippen molar-refractivity contribution in [1.29, 1.82) is 0 Å². The van der Waals surface area contributed by atoms with Crippen molar-refractivity contribution in [3.63, 3.8) is 0 Å². The van der Waals surface area contributed by atoms with E-state index in [4.69, 9.17) is 5.11 Å². The van der Waals surface area contributed by atoms with Crippen LogP contribution in [0.2, 0.25) is 0 Å². The highest BCUT2D eigenvalue weighted by Crippen LogP contribution is 1.88. The minimum absolute atomic E-state index is 0.182. The second-order valence-corrected chi connectivity index (χ2v) is 4.54. The summed E-state index contributed by atoms with van der Waals surface area (Å²) in [7, 11) is -3.65. The zero-order valence-electron chi connectivity index (χ0n) is 7.57. The molecule has 0 aromatic heterocycles. The third kappa shape index (κ3) is 7.69. The standard InChI is InChI=1S/C6H14N2O4S/c1-5(2)3-7-13(11,12)8-4-6(9)10/h5,7-8H,3-4H2,1-2H3,(H,9,10). The molecule has 0 amide bonds. The Kier molecular flexibility index (Phi) is 4.89. The van der Waals surface area contributed by atoms with E-state index < -0.39 is 22.7 Å². The molecule has 0 aliphatic rings. The molecular weight excluding hydrogens is 196 g/mol. The van der Waals surface area contributed by atoms with Crippen molar-refractivity contribution >= 4 is 16.2 Å². The summed E-state index contributed by atoms with van der Waals surface area (Å²) in [6.07, 6.45) is 0. The van der Waals surface area contributed by atoms with Crippen LogP contribution in [0.3, 0.4) is 0 Å². The van der Waals surface area contributed by atoms with Crippen LogP contribution in [-0.4, -0.2) is 32.6 Å². The van der Waals surface area contributed by atoms with Crippen LogP contribution in [-0.2, 0) is 15.0 Å². The van der Waals surface area contributed by atoms with Crippen LogP contribution in [0, 0.1) is 5.92 Å². The molecule has 0 aromatic carbocycles. The van der Waals surface area contributed by atoms with Gasteiger partial charge in [0.25, 0.3) is 10.2 Å². The van der Waals surface area contributed by atoms with Crippen molar-refractivity contribution in [3.8, 4) is 0 Å². The molecule has 0 saturated carbocycles. The van der Waals surface area contributed by atoms with Gasteiger partial charge in [0.15, 0.2) is 0 Å². The van der Waals surface area contributed by atoms with Crippen LogP contribution in [0.5, 0.6) is 0 Å². The molecule has 3 N–H and O–H groups in total. The lowest BCUT2D eigenvalue weighted by molar-refractivity contribution is -0.135. The van der Waals surface area contributed by atoms with E-state index in [1.807, 2.05) is 18.6 Å². The van der Waals surface area contributed by atoms with Gasteiger partial charge in [-0.1, -0.05) is 13.8 Å². The highest BCUT2D eigenvalue weighted by atomic mass is 32.2. The van der Waals surface area contributed by atoms with Gasteiger partial charge >= 0.3 is 5.97 Å². The van der Waals surface area contributed by atoms with Crippen LogP contribution in [0.1, 0.15) is 13.8 Å². The SMILES string of the molecule is CC(C)CNS(=O)(=O)NCC(=O)O. The molecule has 0 spiro atoms. The summed E-state index contributed by atoms with van der Waals surface area (Å²) in [6, 6.07) is 0. The monoisotopic (exact) mass is 210 g/mol. The first-order valence-corrected chi connectivity index (χ1v) is 5.28. The summed E-state index contributed by atoms with van der Waals surface area (Å²) in [5.41, 5.74) is 0. The van der Waals surface area contributed by atoms with Crippen molar-refractivity contribution < 1.29 is 18.3 Å². The number of aliphatic carboxylic acids is 1. The summed E-state index contributed by atoms with van der Waals surface area (Å²) in [4.78, 5) is 10.0. The van der Waals surface area contributed by atoms with Crippen LogP contribution >= 0.6 is 0 Å². The quantitative estimate of drug-likeness (QED) is 0.532. The first-order valence-electron chi connectivity index (χ1n) is 3.79. The predicted molar refractivity (Wildman–Crippen MR) is 47.4 cm³/mol. The number of hydrogen-bond acceptors (Lipinski definition) is 3. The minimum atomic E-state index is -3.65. The fraction of sp³-hybridized carbons (Fsp3) is 0.833. The number of carboxylic acids is 1. The molecule has 13 heavy (non-hydrogen) atoms. The fourth-order valence-corrected chi connectivity index (χ4v) is 1.45. The van der Waals surface area contributed by atoms with Gasteiger partial charge in [-0.2, -0.15) is 13.1 Å². The lowest BCUT2D eigenvalue weighted by Gasteiger charge is -2.07. The van der Waals surface area contributed by atoms with E-state index in [0.717, 1.165) is 0 Å². The van der Waals surface area contributed by atoms with Gasteiger partial charge in [0.05, 0.1) is 0 Å². The fourth-order valence-electron chi connectivity index (χ4n) is 0.484. The highest BCUT2D eigenvalue weighted by Gasteiger charge is 2.10. The number of rotatable bonds is 6. The zero-order chi connectivity index (χ0) is 10.5. The van der Waals surface area contributed by atoms with E-state index in [1.165, 1.54) is 0 Å². The maximum Gasteiger partial charge on any atom is 0.318 e. The first kappa shape index (κ1) is 12.3. The lowest BCUT2D eigenvalue weighted by atomic mass is 10.2. The summed E-state index contributed by atoms with van der Waals surface area (Å²) in [5, 5.41) is 8.20. The Labute approximate surface area is 77.5 Å². The molecule has 6 nitrogen and oxygen atoms in total. The molecule has 0 aromatic rings. The van der Waals surface area contributed by atoms with Gasteiger partial charge in [0.1, 0.15) is 6.54 Å². The Morgan fingerprint density at radius 1 is 1.38 bits per heavy atom. The van der Waals surface area contributed by atoms with E-state index >= 15 is 0 Å². The average Bonchev–Trinajstić information content (AvgIpc) is 1.98. The third-order valence-electron chi connectivity index (χ3n) is 1.10. The molecule has 0 rings (SSSR count). The number of carboxylic acid groups (broad SMARTS) is 1. The van der Waals surface area contributed by atoms with Gasteiger partial charge in [-0.15, -0.1) is 0 Å². The molecule has 0 atom stereocenters. The second-order valence-electron chi connectivity index (χ2n) is 2.96. The van der Waals surface area contributed by atoms with Crippen LogP contribution < -0.4 is 9.44 Å². The molecule has 0 unspecified atom stereocenters. The van der Waals surface area contributed by atoms with Crippen LogP contribution in [0.25, 0.3) is 0 Å². The third-order valence-corrected chi connectivity index (χ3v) is 2.17. The smallest absolute Gasteiger partial charge is 0.318 e. The van der Waals surface area contributed by atoms with Crippen molar-refractivity contribution in [2.24, 2.45) is 5.92 Å². The van der Waals surface area contributed by atoms with Crippen molar-refractivity contribution in [1.82, 2.24) is 9.44 Å². The topological polar surface area (TPSA) is 95.5 Å². The van der Waals surface area contributed by atoms with Gasteiger partial charge in [-0.25, -0.2) is 4.72 Å². The van der Waals surface area contributed by atoms with Gasteiger partial charge in [-0.05, 0) is 5.92 Å². The van der Waals surface area contributed by atoms with Gasteiger partial charge < -0.3 is 5.11 Å². The van der Waals surface area contributed by atoms with Gasteiger partial charge in [-0.3, -0.25) is 4.79 Å².